The Balaban J connectivity index is 1.79. The van der Waals surface area contributed by atoms with Crippen LogP contribution in [0.1, 0.15) is 9.67 Å². The fraction of sp³-hybridized carbons (Fsp3) is 0. The molecule has 0 aliphatic carbocycles. The van der Waals surface area contributed by atoms with Gasteiger partial charge in [0.25, 0.3) is 5.91 Å². The number of rotatable bonds is 2. The lowest BCUT2D eigenvalue weighted by Gasteiger charge is -2.11. The zero-order chi connectivity index (χ0) is 18.1. The highest BCUT2D eigenvalue weighted by Crippen LogP contribution is 2.36. The maximum atomic E-state index is 12.5. The fourth-order valence-corrected chi connectivity index (χ4v) is 4.34. The van der Waals surface area contributed by atoms with Gasteiger partial charge in [0.05, 0.1) is 20.8 Å². The largest absolute Gasteiger partial charge is 0.331 e. The van der Waals surface area contributed by atoms with E-state index in [0.717, 1.165) is 10.1 Å². The second kappa shape index (κ2) is 7.66. The Morgan fingerprint density at radius 3 is 2.56 bits per heavy atom. The monoisotopic (exact) mass is 448 g/mol. The van der Waals surface area contributed by atoms with Crippen molar-refractivity contribution >= 4 is 96.8 Å². The summed E-state index contributed by atoms with van der Waals surface area (Å²) in [5.74, 6) is -0.419. The number of nitrogens with one attached hydrogen (secondary N) is 2. The van der Waals surface area contributed by atoms with E-state index >= 15 is 0 Å². The van der Waals surface area contributed by atoms with Gasteiger partial charge >= 0.3 is 0 Å². The van der Waals surface area contributed by atoms with Crippen molar-refractivity contribution < 1.29 is 4.79 Å². The normalized spacial score (nSPS) is 10.7. The number of fused-ring (bicyclic) bond motifs is 1. The van der Waals surface area contributed by atoms with Crippen molar-refractivity contribution in [2.45, 2.75) is 0 Å². The van der Waals surface area contributed by atoms with Gasteiger partial charge in [0.15, 0.2) is 5.11 Å². The smallest absolute Gasteiger partial charge is 0.269 e. The van der Waals surface area contributed by atoms with E-state index < -0.39 is 5.91 Å². The Morgan fingerprint density at radius 1 is 1.04 bits per heavy atom. The van der Waals surface area contributed by atoms with Gasteiger partial charge in [0, 0.05) is 15.1 Å². The number of carbonyl (C=O) groups excluding carboxylic acids is 1. The van der Waals surface area contributed by atoms with E-state index in [0.29, 0.717) is 30.7 Å². The summed E-state index contributed by atoms with van der Waals surface area (Å²) >= 11 is 30.7. The molecule has 0 fully saturated rings. The van der Waals surface area contributed by atoms with Crippen LogP contribution in [0.4, 0.5) is 5.69 Å². The molecule has 1 amide bonds. The zero-order valence-electron chi connectivity index (χ0n) is 12.2. The third kappa shape index (κ3) is 4.03. The average Bonchev–Trinajstić information content (AvgIpc) is 2.88. The molecular weight excluding hydrogens is 442 g/mol. The summed E-state index contributed by atoms with van der Waals surface area (Å²) in [6, 6.07) is 10.3. The number of hydrogen-bond acceptors (Lipinski definition) is 3. The van der Waals surface area contributed by atoms with E-state index in [2.05, 4.69) is 10.6 Å². The molecule has 0 atom stereocenters. The highest BCUT2D eigenvalue weighted by Gasteiger charge is 2.18. The second-order valence-electron chi connectivity index (χ2n) is 4.90. The molecule has 3 rings (SSSR count). The van der Waals surface area contributed by atoms with Crippen LogP contribution in [0.2, 0.25) is 20.1 Å². The van der Waals surface area contributed by atoms with Crippen LogP contribution in [-0.4, -0.2) is 11.0 Å². The van der Waals surface area contributed by atoms with Gasteiger partial charge in [-0.3, -0.25) is 10.1 Å². The Hall–Kier alpha value is -1.08. The van der Waals surface area contributed by atoms with Crippen LogP contribution in [0.15, 0.2) is 36.4 Å². The molecule has 0 saturated heterocycles. The number of thiophene rings is 1. The van der Waals surface area contributed by atoms with E-state index in [-0.39, 0.29) is 5.11 Å². The quantitative estimate of drug-likeness (QED) is 0.430. The minimum absolute atomic E-state index is 0.0840. The highest BCUT2D eigenvalue weighted by molar-refractivity contribution is 7.80. The molecule has 1 heterocycles. The van der Waals surface area contributed by atoms with E-state index in [4.69, 9.17) is 58.6 Å². The Bertz CT molecular complexity index is 1000. The molecule has 2 N–H and O–H groups in total. The Labute approximate surface area is 172 Å². The average molecular weight is 450 g/mol. The van der Waals surface area contributed by atoms with Gasteiger partial charge in [-0.05, 0) is 36.5 Å². The standard InChI is InChI=1S/C16H8Cl4N2OS2/c17-7-4-5-8-11(6-7)25-14(12(8)19)15(23)22-16(24)21-10-3-1-2-9(18)13(10)20/h1-6H,(H2,21,22,23,24). The summed E-state index contributed by atoms with van der Waals surface area (Å²) in [7, 11) is 0. The number of anilines is 1. The molecule has 3 nitrogen and oxygen atoms in total. The molecular formula is C16H8Cl4N2OS2. The number of carbonyl (C=O) groups is 1. The summed E-state index contributed by atoms with van der Waals surface area (Å²) in [5.41, 5.74) is 0.494. The molecule has 0 aliphatic heterocycles. The summed E-state index contributed by atoms with van der Waals surface area (Å²) in [6.45, 7) is 0. The van der Waals surface area contributed by atoms with E-state index in [1.165, 1.54) is 11.3 Å². The fourth-order valence-electron chi connectivity index (χ4n) is 2.10. The minimum atomic E-state index is -0.419. The molecule has 1 aromatic heterocycles. The van der Waals surface area contributed by atoms with E-state index in [1.54, 1.807) is 36.4 Å². The van der Waals surface area contributed by atoms with Crippen LogP contribution < -0.4 is 10.6 Å². The molecule has 0 saturated carbocycles. The van der Waals surface area contributed by atoms with E-state index in [1.807, 2.05) is 0 Å². The predicted molar refractivity (Wildman–Crippen MR) is 112 cm³/mol. The summed E-state index contributed by atoms with van der Waals surface area (Å²) in [6.07, 6.45) is 0. The predicted octanol–water partition coefficient (Wildman–Crippen LogP) is 6.64. The molecule has 0 spiro atoms. The lowest BCUT2D eigenvalue weighted by atomic mass is 10.2. The van der Waals surface area contributed by atoms with Crippen LogP contribution in [0.3, 0.4) is 0 Å². The molecule has 128 valence electrons. The van der Waals surface area contributed by atoms with Gasteiger partial charge in [0.2, 0.25) is 0 Å². The van der Waals surface area contributed by atoms with Crippen LogP contribution in [0.5, 0.6) is 0 Å². The number of amides is 1. The zero-order valence-corrected chi connectivity index (χ0v) is 16.9. The van der Waals surface area contributed by atoms with Gasteiger partial charge in [-0.25, -0.2) is 0 Å². The topological polar surface area (TPSA) is 41.1 Å². The first-order valence-electron chi connectivity index (χ1n) is 6.80. The maximum Gasteiger partial charge on any atom is 0.269 e. The molecule has 25 heavy (non-hydrogen) atoms. The summed E-state index contributed by atoms with van der Waals surface area (Å²) in [5, 5.41) is 7.89. The molecule has 0 bridgehead atoms. The molecule has 3 aromatic rings. The molecule has 0 unspecified atom stereocenters. The van der Waals surface area contributed by atoms with Crippen molar-refractivity contribution in [2.75, 3.05) is 5.32 Å². The van der Waals surface area contributed by atoms with Gasteiger partial charge in [-0.1, -0.05) is 58.5 Å². The van der Waals surface area contributed by atoms with Crippen LogP contribution in [-0.2, 0) is 0 Å². The third-order valence-corrected chi connectivity index (χ3v) is 6.14. The highest BCUT2D eigenvalue weighted by atomic mass is 35.5. The first-order valence-corrected chi connectivity index (χ1v) is 9.54. The lowest BCUT2D eigenvalue weighted by molar-refractivity contribution is 0.0982. The van der Waals surface area contributed by atoms with Crippen molar-refractivity contribution in [3.05, 3.63) is 61.4 Å². The summed E-state index contributed by atoms with van der Waals surface area (Å²) < 4.78 is 0.819. The molecule has 9 heteroatoms. The van der Waals surface area contributed by atoms with Crippen LogP contribution in [0.25, 0.3) is 10.1 Å². The van der Waals surface area contributed by atoms with Crippen molar-refractivity contribution in [3.63, 3.8) is 0 Å². The minimum Gasteiger partial charge on any atom is -0.331 e. The summed E-state index contributed by atoms with van der Waals surface area (Å²) in [4.78, 5) is 12.8. The third-order valence-electron chi connectivity index (χ3n) is 3.22. The van der Waals surface area contributed by atoms with Crippen molar-refractivity contribution in [1.82, 2.24) is 5.32 Å². The van der Waals surface area contributed by atoms with Gasteiger partial charge in [-0.15, -0.1) is 11.3 Å². The molecule has 0 aliphatic rings. The van der Waals surface area contributed by atoms with Crippen molar-refractivity contribution in [1.29, 1.82) is 0 Å². The number of halogens is 4. The number of thiocarbonyl (C=S) groups is 1. The molecule has 0 radical (unpaired) electrons. The van der Waals surface area contributed by atoms with Crippen molar-refractivity contribution in [2.24, 2.45) is 0 Å². The van der Waals surface area contributed by atoms with Gasteiger partial charge in [0.1, 0.15) is 4.88 Å². The van der Waals surface area contributed by atoms with Gasteiger partial charge in [-0.2, -0.15) is 0 Å². The van der Waals surface area contributed by atoms with Crippen molar-refractivity contribution in [3.8, 4) is 0 Å². The first kappa shape index (κ1) is 18.7. The lowest BCUT2D eigenvalue weighted by Crippen LogP contribution is -2.33. The second-order valence-corrected chi connectivity index (χ2v) is 7.96. The molecule has 2 aromatic carbocycles. The number of benzene rings is 2. The van der Waals surface area contributed by atoms with E-state index in [9.17, 15) is 4.79 Å². The van der Waals surface area contributed by atoms with Crippen LogP contribution >= 0.6 is 70.0 Å². The SMILES string of the molecule is O=C(NC(=S)Nc1cccc(Cl)c1Cl)c1sc2cc(Cl)ccc2c1Cl. The Kier molecular flexibility index (Phi) is 5.73. The van der Waals surface area contributed by atoms with Crippen LogP contribution in [0, 0.1) is 0 Å². The Morgan fingerprint density at radius 2 is 1.80 bits per heavy atom. The van der Waals surface area contributed by atoms with Gasteiger partial charge < -0.3 is 5.32 Å². The number of hydrogen-bond donors (Lipinski definition) is 2. The first-order chi connectivity index (χ1) is 11.9. The maximum absolute atomic E-state index is 12.5.